The maximum atomic E-state index is 12.8. The van der Waals surface area contributed by atoms with E-state index in [1.54, 1.807) is 19.2 Å². The minimum absolute atomic E-state index is 0.102. The number of methoxy groups -OCH3 is 1. The van der Waals surface area contributed by atoms with Gasteiger partial charge in [-0.1, -0.05) is 12.1 Å². The standard InChI is InChI=1S/C26H30O8/c1-32-19-6-4-15(25-24(31)23(30)22(29)21(13-27)33-25)11-16(19)9-14-3-5-20-17(10-14)18(28)12-26(34-20)7-2-8-26/h3-6,10-11,21-25,27,29-31H,2,7-9,12-13H2,1H3/t21-,22-,23+,24-,25+/m1/s1. The Morgan fingerprint density at radius 2 is 1.85 bits per heavy atom. The van der Waals surface area contributed by atoms with E-state index in [2.05, 4.69) is 0 Å². The summed E-state index contributed by atoms with van der Waals surface area (Å²) in [5.74, 6) is 1.37. The predicted molar refractivity (Wildman–Crippen MR) is 121 cm³/mol. The molecule has 4 N–H and O–H groups in total. The number of benzene rings is 2. The molecule has 34 heavy (non-hydrogen) atoms. The Bertz CT molecular complexity index is 1080. The van der Waals surface area contributed by atoms with E-state index in [0.717, 1.165) is 30.4 Å². The smallest absolute Gasteiger partial charge is 0.170 e. The quantitative estimate of drug-likeness (QED) is 0.520. The fourth-order valence-electron chi connectivity index (χ4n) is 5.21. The lowest BCUT2D eigenvalue weighted by Crippen LogP contribution is -2.55. The van der Waals surface area contributed by atoms with Gasteiger partial charge in [0.15, 0.2) is 5.78 Å². The molecule has 2 aromatic carbocycles. The Morgan fingerprint density at radius 3 is 2.53 bits per heavy atom. The Kier molecular flexibility index (Phi) is 6.12. The highest BCUT2D eigenvalue weighted by molar-refractivity contribution is 6.00. The second-order valence-corrected chi connectivity index (χ2v) is 9.57. The molecule has 2 aromatic rings. The lowest BCUT2D eigenvalue weighted by molar-refractivity contribution is -0.231. The number of fused-ring (bicyclic) bond motifs is 1. The van der Waals surface area contributed by atoms with Gasteiger partial charge in [0.05, 0.1) is 25.7 Å². The van der Waals surface area contributed by atoms with Gasteiger partial charge in [-0.25, -0.2) is 0 Å². The summed E-state index contributed by atoms with van der Waals surface area (Å²) in [6, 6.07) is 10.9. The number of carbonyl (C=O) groups is 1. The van der Waals surface area contributed by atoms with E-state index in [0.29, 0.717) is 35.5 Å². The van der Waals surface area contributed by atoms with Crippen molar-refractivity contribution in [2.24, 2.45) is 0 Å². The summed E-state index contributed by atoms with van der Waals surface area (Å²) in [6.07, 6.45) is -2.35. The van der Waals surface area contributed by atoms with Crippen LogP contribution in [0.4, 0.5) is 0 Å². The molecule has 1 saturated carbocycles. The molecule has 0 bridgehead atoms. The topological polar surface area (TPSA) is 126 Å². The van der Waals surface area contributed by atoms with E-state index in [4.69, 9.17) is 14.2 Å². The summed E-state index contributed by atoms with van der Waals surface area (Å²) in [5.41, 5.74) is 2.58. The molecule has 0 aromatic heterocycles. The van der Waals surface area contributed by atoms with Crippen LogP contribution < -0.4 is 9.47 Å². The fourth-order valence-corrected chi connectivity index (χ4v) is 5.21. The van der Waals surface area contributed by atoms with Crippen LogP contribution in [0.5, 0.6) is 11.5 Å². The first-order chi connectivity index (χ1) is 16.3. The molecular weight excluding hydrogens is 440 g/mol. The number of hydrogen-bond donors (Lipinski definition) is 4. The first kappa shape index (κ1) is 23.3. The molecule has 0 radical (unpaired) electrons. The zero-order chi connectivity index (χ0) is 24.0. The average molecular weight is 471 g/mol. The molecule has 0 unspecified atom stereocenters. The van der Waals surface area contributed by atoms with Crippen molar-refractivity contribution in [3.63, 3.8) is 0 Å². The Hall–Kier alpha value is -2.49. The van der Waals surface area contributed by atoms with Gasteiger partial charge in [0, 0.05) is 6.42 Å². The van der Waals surface area contributed by atoms with E-state index in [1.807, 2.05) is 24.3 Å². The summed E-state index contributed by atoms with van der Waals surface area (Å²) in [6.45, 7) is -0.489. The van der Waals surface area contributed by atoms with E-state index >= 15 is 0 Å². The van der Waals surface area contributed by atoms with Crippen LogP contribution in [0.2, 0.25) is 0 Å². The zero-order valence-corrected chi connectivity index (χ0v) is 19.0. The van der Waals surface area contributed by atoms with E-state index in [9.17, 15) is 25.2 Å². The summed E-state index contributed by atoms with van der Waals surface area (Å²) in [7, 11) is 1.56. The molecular formula is C26H30O8. The molecule has 0 amide bonds. The first-order valence-corrected chi connectivity index (χ1v) is 11.7. The highest BCUT2D eigenvalue weighted by Crippen LogP contribution is 2.45. The molecule has 8 nitrogen and oxygen atoms in total. The lowest BCUT2D eigenvalue weighted by atomic mass is 9.74. The number of aliphatic hydroxyl groups is 4. The van der Waals surface area contributed by atoms with Gasteiger partial charge in [-0.05, 0) is 60.2 Å². The van der Waals surface area contributed by atoms with Crippen molar-refractivity contribution in [3.05, 3.63) is 58.7 Å². The predicted octanol–water partition coefficient (Wildman–Crippen LogP) is 1.69. The van der Waals surface area contributed by atoms with Crippen LogP contribution in [0.15, 0.2) is 36.4 Å². The van der Waals surface area contributed by atoms with Gasteiger partial charge < -0.3 is 34.6 Å². The number of ketones is 1. The van der Waals surface area contributed by atoms with Crippen LogP contribution in [-0.4, -0.2) is 69.9 Å². The normalized spacial score (nSPS) is 29.8. The van der Waals surface area contributed by atoms with Gasteiger partial charge in [-0.15, -0.1) is 0 Å². The van der Waals surface area contributed by atoms with Crippen molar-refractivity contribution >= 4 is 5.78 Å². The first-order valence-electron chi connectivity index (χ1n) is 11.7. The molecule has 8 heteroatoms. The molecule has 5 rings (SSSR count). The van der Waals surface area contributed by atoms with Crippen molar-refractivity contribution in [3.8, 4) is 11.5 Å². The number of hydrogen-bond acceptors (Lipinski definition) is 8. The molecule has 1 spiro atoms. The summed E-state index contributed by atoms with van der Waals surface area (Å²) in [5, 5.41) is 40.3. The molecule has 2 aliphatic heterocycles. The molecule has 1 aliphatic carbocycles. The van der Waals surface area contributed by atoms with Crippen LogP contribution in [0, 0.1) is 0 Å². The van der Waals surface area contributed by atoms with Crippen molar-refractivity contribution in [1.82, 2.24) is 0 Å². The van der Waals surface area contributed by atoms with Gasteiger partial charge in [0.2, 0.25) is 0 Å². The van der Waals surface area contributed by atoms with Crippen molar-refractivity contribution in [1.29, 1.82) is 0 Å². The maximum Gasteiger partial charge on any atom is 0.170 e. The number of ether oxygens (including phenoxy) is 3. The minimum atomic E-state index is -1.45. The molecule has 3 aliphatic rings. The van der Waals surface area contributed by atoms with Crippen LogP contribution in [0.3, 0.4) is 0 Å². The van der Waals surface area contributed by atoms with Gasteiger partial charge in [0.1, 0.15) is 47.6 Å². The van der Waals surface area contributed by atoms with E-state index in [1.165, 1.54) is 0 Å². The Labute approximate surface area is 197 Å². The van der Waals surface area contributed by atoms with Crippen LogP contribution in [-0.2, 0) is 11.2 Å². The van der Waals surface area contributed by atoms with Crippen molar-refractivity contribution in [2.75, 3.05) is 13.7 Å². The monoisotopic (exact) mass is 470 g/mol. The molecule has 2 fully saturated rings. The van der Waals surface area contributed by atoms with Crippen LogP contribution >= 0.6 is 0 Å². The SMILES string of the molecule is COc1ccc([C@@H]2O[C@H](CO)[C@@H](O)[C@H](O)[C@H]2O)cc1Cc1ccc2c(c1)C(=O)CC1(CCC1)O2. The summed E-state index contributed by atoms with van der Waals surface area (Å²) < 4.78 is 17.4. The third-order valence-corrected chi connectivity index (χ3v) is 7.34. The minimum Gasteiger partial charge on any atom is -0.496 e. The fraction of sp³-hybridized carbons (Fsp3) is 0.500. The molecule has 182 valence electrons. The third kappa shape index (κ3) is 3.99. The summed E-state index contributed by atoms with van der Waals surface area (Å²) in [4.78, 5) is 12.8. The van der Waals surface area contributed by atoms with Crippen LogP contribution in [0.1, 0.15) is 58.8 Å². The molecule has 2 heterocycles. The van der Waals surface area contributed by atoms with Crippen molar-refractivity contribution in [2.45, 2.75) is 68.2 Å². The number of rotatable bonds is 5. The number of aliphatic hydroxyl groups excluding tert-OH is 4. The third-order valence-electron chi connectivity index (χ3n) is 7.34. The van der Waals surface area contributed by atoms with Crippen molar-refractivity contribution < 1.29 is 39.4 Å². The van der Waals surface area contributed by atoms with Gasteiger partial charge in [-0.2, -0.15) is 0 Å². The van der Waals surface area contributed by atoms with E-state index in [-0.39, 0.29) is 11.4 Å². The summed E-state index contributed by atoms with van der Waals surface area (Å²) >= 11 is 0. The highest BCUT2D eigenvalue weighted by Gasteiger charge is 2.46. The second-order valence-electron chi connectivity index (χ2n) is 9.57. The Morgan fingerprint density at radius 1 is 1.06 bits per heavy atom. The number of Topliss-reactive ketones (excluding diaryl/α,β-unsaturated/α-hetero) is 1. The lowest BCUT2D eigenvalue weighted by Gasteiger charge is -2.44. The molecule has 5 atom stereocenters. The van der Waals surface area contributed by atoms with Gasteiger partial charge >= 0.3 is 0 Å². The van der Waals surface area contributed by atoms with Gasteiger partial charge in [0.25, 0.3) is 0 Å². The maximum absolute atomic E-state index is 12.8. The second kappa shape index (κ2) is 8.94. The largest absolute Gasteiger partial charge is 0.496 e. The van der Waals surface area contributed by atoms with Crippen LogP contribution in [0.25, 0.3) is 0 Å². The molecule has 1 saturated heterocycles. The number of carbonyl (C=O) groups excluding carboxylic acids is 1. The average Bonchev–Trinajstić information content (AvgIpc) is 2.82. The highest BCUT2D eigenvalue weighted by atomic mass is 16.5. The van der Waals surface area contributed by atoms with E-state index < -0.39 is 37.1 Å². The van der Waals surface area contributed by atoms with Gasteiger partial charge in [-0.3, -0.25) is 4.79 Å². The Balaban J connectivity index is 1.42. The zero-order valence-electron chi connectivity index (χ0n) is 19.0.